The summed E-state index contributed by atoms with van der Waals surface area (Å²) < 4.78 is 25.2. The molecule has 0 bridgehead atoms. The van der Waals surface area contributed by atoms with Gasteiger partial charge in [-0.15, -0.1) is 0 Å². The Labute approximate surface area is 189 Å². The number of aromatic nitrogens is 1. The molecule has 33 heavy (non-hydrogen) atoms. The van der Waals surface area contributed by atoms with Gasteiger partial charge in [0.2, 0.25) is 12.3 Å². The molecule has 2 saturated heterocycles. The molecule has 2 aliphatic heterocycles. The number of ether oxygens (including phenoxy) is 1. The number of nitrogens with one attached hydrogen (secondary N) is 3. The first-order valence-corrected chi connectivity index (χ1v) is 10.5. The maximum atomic E-state index is 15.0. The molecule has 13 heteroatoms. The quantitative estimate of drug-likeness (QED) is 0.493. The summed E-state index contributed by atoms with van der Waals surface area (Å²) >= 11 is 0. The molecule has 1 unspecified atom stereocenters. The molecule has 4 rings (SSSR count). The summed E-state index contributed by atoms with van der Waals surface area (Å²) in [6, 6.07) is 5.83. The number of hydrazine groups is 1. The maximum absolute atomic E-state index is 15.0. The zero-order chi connectivity index (χ0) is 23.4. The number of aliphatic hydroxyl groups is 1. The van der Waals surface area contributed by atoms with Crippen LogP contribution in [-0.4, -0.2) is 79.0 Å². The van der Waals surface area contributed by atoms with Crippen molar-refractivity contribution in [2.24, 2.45) is 0 Å². The van der Waals surface area contributed by atoms with Gasteiger partial charge < -0.3 is 29.5 Å². The van der Waals surface area contributed by atoms with E-state index in [-0.39, 0.29) is 12.5 Å². The SMILES string of the molecule is CC(=O)NC[C@H]1CN(c2ccc(N3CCNN(C(=O)Nc4ccon4)CC3)c(F)c2)C(O)O1. The second-order valence-corrected chi connectivity index (χ2v) is 7.67. The molecule has 2 atom stereocenters. The molecular formula is C20H26FN7O5. The number of halogens is 1. The van der Waals surface area contributed by atoms with Crippen LogP contribution in [0.1, 0.15) is 6.92 Å². The molecule has 3 amide bonds. The van der Waals surface area contributed by atoms with E-state index in [0.717, 1.165) is 0 Å². The number of rotatable bonds is 5. The minimum atomic E-state index is -1.23. The van der Waals surface area contributed by atoms with Crippen molar-refractivity contribution >= 4 is 29.1 Å². The van der Waals surface area contributed by atoms with Gasteiger partial charge in [-0.25, -0.2) is 14.6 Å². The van der Waals surface area contributed by atoms with E-state index >= 15 is 4.39 Å². The predicted molar refractivity (Wildman–Crippen MR) is 116 cm³/mol. The minimum Gasteiger partial charge on any atom is -0.366 e. The minimum absolute atomic E-state index is 0.192. The second-order valence-electron chi connectivity index (χ2n) is 7.67. The molecule has 0 radical (unpaired) electrons. The Balaban J connectivity index is 1.37. The fourth-order valence-electron chi connectivity index (χ4n) is 3.73. The second kappa shape index (κ2) is 10.0. The monoisotopic (exact) mass is 463 g/mol. The highest BCUT2D eigenvalue weighted by Crippen LogP contribution is 2.29. The first-order valence-electron chi connectivity index (χ1n) is 10.5. The fraction of sp³-hybridized carbons (Fsp3) is 0.450. The molecule has 4 N–H and O–H groups in total. The van der Waals surface area contributed by atoms with Crippen LogP contribution in [0.4, 0.5) is 26.4 Å². The summed E-state index contributed by atoms with van der Waals surface area (Å²) in [5.41, 5.74) is 3.87. The molecule has 3 heterocycles. The largest absolute Gasteiger partial charge is 0.366 e. The van der Waals surface area contributed by atoms with Crippen LogP contribution in [0.5, 0.6) is 0 Å². The van der Waals surface area contributed by atoms with Crippen LogP contribution in [0, 0.1) is 5.82 Å². The Kier molecular flexibility index (Phi) is 6.91. The van der Waals surface area contributed by atoms with Crippen molar-refractivity contribution < 1.29 is 28.3 Å². The van der Waals surface area contributed by atoms with Crippen LogP contribution in [0.25, 0.3) is 0 Å². The van der Waals surface area contributed by atoms with E-state index in [1.807, 2.05) is 4.90 Å². The zero-order valence-corrected chi connectivity index (χ0v) is 18.0. The number of hydrogen-bond donors (Lipinski definition) is 4. The van der Waals surface area contributed by atoms with Crippen molar-refractivity contribution in [1.82, 2.24) is 20.9 Å². The third-order valence-corrected chi connectivity index (χ3v) is 5.36. The van der Waals surface area contributed by atoms with Crippen LogP contribution >= 0.6 is 0 Å². The average molecular weight is 463 g/mol. The van der Waals surface area contributed by atoms with Gasteiger partial charge in [-0.1, -0.05) is 5.16 Å². The van der Waals surface area contributed by atoms with Gasteiger partial charge in [-0.3, -0.25) is 15.1 Å². The average Bonchev–Trinajstić information content (AvgIpc) is 3.35. The van der Waals surface area contributed by atoms with Crippen LogP contribution in [0.15, 0.2) is 35.1 Å². The third-order valence-electron chi connectivity index (χ3n) is 5.36. The summed E-state index contributed by atoms with van der Waals surface area (Å²) in [5.74, 6) is -0.342. The van der Waals surface area contributed by atoms with Crippen molar-refractivity contribution in [2.75, 3.05) is 54.4 Å². The summed E-state index contributed by atoms with van der Waals surface area (Å²) in [5, 5.41) is 20.5. The third kappa shape index (κ3) is 5.50. The number of carbonyl (C=O) groups excluding carboxylic acids is 2. The highest BCUT2D eigenvalue weighted by Gasteiger charge is 2.32. The zero-order valence-electron chi connectivity index (χ0n) is 18.0. The Morgan fingerprint density at radius 1 is 1.30 bits per heavy atom. The predicted octanol–water partition coefficient (Wildman–Crippen LogP) is 0.290. The smallest absolute Gasteiger partial charge is 0.337 e. The van der Waals surface area contributed by atoms with E-state index in [1.165, 1.54) is 35.2 Å². The molecule has 178 valence electrons. The first-order chi connectivity index (χ1) is 15.9. The van der Waals surface area contributed by atoms with E-state index in [9.17, 15) is 14.7 Å². The first kappa shape index (κ1) is 22.8. The Hall–Kier alpha value is -3.42. The van der Waals surface area contributed by atoms with Crippen LogP contribution in [0.2, 0.25) is 0 Å². The van der Waals surface area contributed by atoms with Gasteiger partial charge in [0.25, 0.3) is 0 Å². The van der Waals surface area contributed by atoms with Gasteiger partial charge in [0.05, 0.1) is 24.9 Å². The molecule has 2 aromatic rings. The van der Waals surface area contributed by atoms with Gasteiger partial charge in [0.15, 0.2) is 5.82 Å². The van der Waals surface area contributed by atoms with Gasteiger partial charge in [-0.05, 0) is 18.2 Å². The van der Waals surface area contributed by atoms with Crippen LogP contribution in [0.3, 0.4) is 0 Å². The highest BCUT2D eigenvalue weighted by atomic mass is 19.1. The molecule has 1 aromatic carbocycles. The molecule has 0 aliphatic carbocycles. The Morgan fingerprint density at radius 3 is 2.88 bits per heavy atom. The lowest BCUT2D eigenvalue weighted by molar-refractivity contribution is -0.121. The molecule has 1 aromatic heterocycles. The summed E-state index contributed by atoms with van der Waals surface area (Å²) in [7, 11) is 0. The number of nitrogens with zero attached hydrogens (tertiary/aromatic N) is 4. The van der Waals surface area contributed by atoms with Crippen molar-refractivity contribution in [3.8, 4) is 0 Å². The number of urea groups is 1. The molecular weight excluding hydrogens is 437 g/mol. The summed E-state index contributed by atoms with van der Waals surface area (Å²) in [4.78, 5) is 26.8. The van der Waals surface area contributed by atoms with Crippen molar-refractivity contribution in [3.05, 3.63) is 36.3 Å². The van der Waals surface area contributed by atoms with Crippen LogP contribution < -0.4 is 25.9 Å². The molecule has 0 spiro atoms. The lowest BCUT2D eigenvalue weighted by atomic mass is 10.2. The maximum Gasteiger partial charge on any atom is 0.337 e. The van der Waals surface area contributed by atoms with E-state index in [1.54, 1.807) is 12.1 Å². The van der Waals surface area contributed by atoms with Crippen LogP contribution in [-0.2, 0) is 9.53 Å². The molecule has 2 aliphatic rings. The van der Waals surface area contributed by atoms with E-state index < -0.39 is 24.4 Å². The number of hydrogen-bond acceptors (Lipinski definition) is 9. The molecule has 0 saturated carbocycles. The van der Waals surface area contributed by atoms with Gasteiger partial charge in [-0.2, -0.15) is 0 Å². The molecule has 2 fully saturated rings. The van der Waals surface area contributed by atoms with Gasteiger partial charge >= 0.3 is 6.03 Å². The summed E-state index contributed by atoms with van der Waals surface area (Å²) in [6.45, 7) is 3.60. The number of amides is 3. The van der Waals surface area contributed by atoms with Gasteiger partial charge in [0, 0.05) is 44.9 Å². The van der Waals surface area contributed by atoms with E-state index in [2.05, 4.69) is 21.2 Å². The Morgan fingerprint density at radius 2 is 2.15 bits per heavy atom. The van der Waals surface area contributed by atoms with E-state index in [4.69, 9.17) is 9.26 Å². The lowest BCUT2D eigenvalue weighted by Crippen LogP contribution is -2.46. The molecule has 12 nitrogen and oxygen atoms in total. The topological polar surface area (TPSA) is 135 Å². The number of aliphatic hydroxyl groups excluding tert-OH is 1. The normalized spacial score (nSPS) is 21.1. The van der Waals surface area contributed by atoms with Crippen molar-refractivity contribution in [1.29, 1.82) is 0 Å². The summed E-state index contributed by atoms with van der Waals surface area (Å²) in [6.07, 6.45) is -0.276. The fourth-order valence-corrected chi connectivity index (χ4v) is 3.73. The lowest BCUT2D eigenvalue weighted by Gasteiger charge is -2.25. The van der Waals surface area contributed by atoms with E-state index in [0.29, 0.717) is 49.9 Å². The number of benzene rings is 1. The standard InChI is InChI=1S/C20H26FN7O5/c1-13(29)22-11-15-12-27(20(31)33-15)14-2-3-17(16(21)10-14)26-6-5-23-28(8-7-26)19(30)24-18-4-9-32-25-18/h2-4,9-10,15,20,23,31H,5-8,11-12H2,1H3,(H,22,29)(H,24,25,30)/t15-,20?/m0/s1. The number of carbonyl (C=O) groups is 2. The Bertz CT molecular complexity index is 976. The highest BCUT2D eigenvalue weighted by molar-refractivity contribution is 5.87. The van der Waals surface area contributed by atoms with Gasteiger partial charge in [0.1, 0.15) is 12.1 Å². The van der Waals surface area contributed by atoms with Crippen molar-refractivity contribution in [3.63, 3.8) is 0 Å². The van der Waals surface area contributed by atoms with Crippen molar-refractivity contribution in [2.45, 2.75) is 19.4 Å². The number of anilines is 3.